The first kappa shape index (κ1) is 20.0. The fourth-order valence-corrected chi connectivity index (χ4v) is 2.76. The highest BCUT2D eigenvalue weighted by molar-refractivity contribution is 9.09. The molecule has 5 nitrogen and oxygen atoms in total. The van der Waals surface area contributed by atoms with Gasteiger partial charge in [0.1, 0.15) is 5.76 Å². The van der Waals surface area contributed by atoms with Crippen LogP contribution < -0.4 is 4.74 Å². The van der Waals surface area contributed by atoms with Gasteiger partial charge in [0.15, 0.2) is 0 Å². The van der Waals surface area contributed by atoms with Crippen LogP contribution in [0.1, 0.15) is 58.1 Å². The van der Waals surface area contributed by atoms with Gasteiger partial charge in [-0.2, -0.15) is 0 Å². The molecule has 132 valence electrons. The van der Waals surface area contributed by atoms with Gasteiger partial charge in [0, 0.05) is 17.8 Å². The van der Waals surface area contributed by atoms with Crippen LogP contribution in [-0.2, 0) is 11.2 Å². The molecule has 6 heteroatoms. The minimum atomic E-state index is -0.807. The number of carboxylic acid groups (broad SMARTS) is 1. The van der Waals surface area contributed by atoms with Crippen LogP contribution in [0.2, 0.25) is 0 Å². The molecule has 0 amide bonds. The molecule has 1 rings (SSSR count). The zero-order valence-electron chi connectivity index (χ0n) is 14.1. The molecule has 1 atom stereocenters. The van der Waals surface area contributed by atoms with E-state index >= 15 is 0 Å². The van der Waals surface area contributed by atoms with Crippen LogP contribution in [0, 0.1) is 11.8 Å². The Labute approximate surface area is 146 Å². The van der Waals surface area contributed by atoms with Crippen LogP contribution in [0.4, 0.5) is 0 Å². The van der Waals surface area contributed by atoms with E-state index in [1.54, 1.807) is 6.07 Å². The van der Waals surface area contributed by atoms with E-state index in [0.29, 0.717) is 24.7 Å². The molecule has 0 aliphatic rings. The topological polar surface area (TPSA) is 72.6 Å². The number of carboxylic acids is 1. The van der Waals surface area contributed by atoms with Gasteiger partial charge < -0.3 is 14.4 Å². The van der Waals surface area contributed by atoms with Gasteiger partial charge in [-0.05, 0) is 23.9 Å². The standard InChI is InChI=1S/C17H28BrNO4/c1-13(2)15(17(20)21)11-14-12-16(19-23-14)22-10-8-6-4-3-5-7-9-18/h12-13,15H,3-11H2,1-2H3,(H,20,21). The molecule has 0 saturated carbocycles. The minimum absolute atomic E-state index is 0.0477. The summed E-state index contributed by atoms with van der Waals surface area (Å²) in [6.07, 6.45) is 7.52. The summed E-state index contributed by atoms with van der Waals surface area (Å²) in [4.78, 5) is 11.2. The number of hydrogen-bond donors (Lipinski definition) is 1. The lowest BCUT2D eigenvalue weighted by Gasteiger charge is -2.13. The summed E-state index contributed by atoms with van der Waals surface area (Å²) in [7, 11) is 0. The van der Waals surface area contributed by atoms with Crippen molar-refractivity contribution in [3.8, 4) is 5.88 Å². The Bertz CT molecular complexity index is 448. The van der Waals surface area contributed by atoms with E-state index in [-0.39, 0.29) is 5.92 Å². The first-order valence-corrected chi connectivity index (χ1v) is 9.54. The summed E-state index contributed by atoms with van der Waals surface area (Å²) in [6, 6.07) is 1.70. The summed E-state index contributed by atoms with van der Waals surface area (Å²) >= 11 is 3.43. The number of unbranched alkanes of at least 4 members (excludes halogenated alkanes) is 5. The fraction of sp³-hybridized carbons (Fsp3) is 0.765. The SMILES string of the molecule is CC(C)C(Cc1cc(OCCCCCCCCBr)no1)C(=O)O. The molecule has 0 aliphatic heterocycles. The second-order valence-electron chi connectivity index (χ2n) is 6.18. The third-order valence-corrected chi connectivity index (χ3v) is 4.42. The van der Waals surface area contributed by atoms with Gasteiger partial charge in [0.2, 0.25) is 0 Å². The Morgan fingerprint density at radius 3 is 2.52 bits per heavy atom. The lowest BCUT2D eigenvalue weighted by atomic mass is 9.92. The van der Waals surface area contributed by atoms with Crippen LogP contribution in [0.3, 0.4) is 0 Å². The molecule has 23 heavy (non-hydrogen) atoms. The molecule has 1 heterocycles. The van der Waals surface area contributed by atoms with E-state index in [4.69, 9.17) is 9.26 Å². The molecule has 0 fully saturated rings. The normalized spacial score (nSPS) is 12.5. The number of halogens is 1. The summed E-state index contributed by atoms with van der Waals surface area (Å²) in [5, 5.41) is 14.1. The van der Waals surface area contributed by atoms with Gasteiger partial charge in [-0.3, -0.25) is 4.79 Å². The maximum atomic E-state index is 11.2. The fourth-order valence-electron chi connectivity index (χ4n) is 2.36. The zero-order valence-corrected chi connectivity index (χ0v) is 15.7. The molecule has 0 saturated heterocycles. The number of aromatic nitrogens is 1. The quantitative estimate of drug-likeness (QED) is 0.391. The second kappa shape index (κ2) is 11.5. The molecule has 1 unspecified atom stereocenters. The van der Waals surface area contributed by atoms with Gasteiger partial charge >= 0.3 is 5.97 Å². The Kier molecular flexibility index (Phi) is 9.99. The smallest absolute Gasteiger partial charge is 0.307 e. The van der Waals surface area contributed by atoms with Crippen molar-refractivity contribution < 1.29 is 19.2 Å². The van der Waals surface area contributed by atoms with Crippen molar-refractivity contribution in [1.82, 2.24) is 5.16 Å². The van der Waals surface area contributed by atoms with Gasteiger partial charge in [0.05, 0.1) is 12.5 Å². The van der Waals surface area contributed by atoms with E-state index in [1.807, 2.05) is 13.8 Å². The van der Waals surface area contributed by atoms with Crippen LogP contribution in [0.25, 0.3) is 0 Å². The Balaban J connectivity index is 2.22. The molecule has 1 aromatic heterocycles. The first-order chi connectivity index (χ1) is 11.0. The number of rotatable bonds is 13. The van der Waals surface area contributed by atoms with Crippen LogP contribution in [0.15, 0.2) is 10.6 Å². The minimum Gasteiger partial charge on any atom is -0.481 e. The van der Waals surface area contributed by atoms with Crippen molar-refractivity contribution in [3.63, 3.8) is 0 Å². The van der Waals surface area contributed by atoms with Crippen molar-refractivity contribution in [1.29, 1.82) is 0 Å². The molecular formula is C17H28BrNO4. The van der Waals surface area contributed by atoms with Crippen molar-refractivity contribution >= 4 is 21.9 Å². The second-order valence-corrected chi connectivity index (χ2v) is 6.98. The summed E-state index contributed by atoms with van der Waals surface area (Å²) in [5.41, 5.74) is 0. The van der Waals surface area contributed by atoms with Crippen LogP contribution in [0.5, 0.6) is 5.88 Å². The maximum Gasteiger partial charge on any atom is 0.307 e. The predicted octanol–water partition coefficient (Wildman–Crippen LogP) is 4.69. The predicted molar refractivity (Wildman–Crippen MR) is 93.2 cm³/mol. The Morgan fingerprint density at radius 1 is 1.26 bits per heavy atom. The van der Waals surface area contributed by atoms with Crippen LogP contribution >= 0.6 is 15.9 Å². The van der Waals surface area contributed by atoms with E-state index in [9.17, 15) is 9.90 Å². The average molecular weight is 390 g/mol. The highest BCUT2D eigenvalue weighted by atomic mass is 79.9. The van der Waals surface area contributed by atoms with Crippen molar-refractivity contribution in [3.05, 3.63) is 11.8 Å². The third-order valence-electron chi connectivity index (χ3n) is 3.86. The van der Waals surface area contributed by atoms with Gasteiger partial charge in [0.25, 0.3) is 5.88 Å². The number of nitrogens with zero attached hydrogens (tertiary/aromatic N) is 1. The molecule has 0 bridgehead atoms. The van der Waals surface area contributed by atoms with Gasteiger partial charge in [-0.1, -0.05) is 55.5 Å². The van der Waals surface area contributed by atoms with E-state index in [2.05, 4.69) is 21.1 Å². The molecule has 0 radical (unpaired) electrons. The molecule has 1 N–H and O–H groups in total. The lowest BCUT2D eigenvalue weighted by molar-refractivity contribution is -0.143. The largest absolute Gasteiger partial charge is 0.481 e. The Hall–Kier alpha value is -1.04. The van der Waals surface area contributed by atoms with Crippen molar-refractivity contribution in [2.45, 2.75) is 58.8 Å². The highest BCUT2D eigenvalue weighted by Gasteiger charge is 2.24. The van der Waals surface area contributed by atoms with E-state index in [1.165, 1.54) is 25.7 Å². The number of aliphatic carboxylic acids is 1. The van der Waals surface area contributed by atoms with Crippen molar-refractivity contribution in [2.24, 2.45) is 11.8 Å². The Morgan fingerprint density at radius 2 is 1.91 bits per heavy atom. The first-order valence-electron chi connectivity index (χ1n) is 8.41. The molecule has 0 aliphatic carbocycles. The van der Waals surface area contributed by atoms with E-state index in [0.717, 1.165) is 18.2 Å². The molecule has 0 spiro atoms. The summed E-state index contributed by atoms with van der Waals surface area (Å²) < 4.78 is 10.7. The number of ether oxygens (including phenoxy) is 1. The van der Waals surface area contributed by atoms with Crippen molar-refractivity contribution in [2.75, 3.05) is 11.9 Å². The van der Waals surface area contributed by atoms with Crippen LogP contribution in [-0.4, -0.2) is 28.2 Å². The third kappa shape index (κ3) is 8.39. The molecule has 1 aromatic rings. The number of alkyl halides is 1. The van der Waals surface area contributed by atoms with Gasteiger partial charge in [-0.15, -0.1) is 0 Å². The molecular weight excluding hydrogens is 362 g/mol. The average Bonchev–Trinajstić information content (AvgIpc) is 2.94. The lowest BCUT2D eigenvalue weighted by Crippen LogP contribution is -2.21. The number of carbonyl (C=O) groups is 1. The monoisotopic (exact) mass is 389 g/mol. The number of hydrogen-bond acceptors (Lipinski definition) is 4. The maximum absolute atomic E-state index is 11.2. The van der Waals surface area contributed by atoms with Gasteiger partial charge in [-0.25, -0.2) is 0 Å². The zero-order chi connectivity index (χ0) is 17.1. The summed E-state index contributed by atoms with van der Waals surface area (Å²) in [6.45, 7) is 4.41. The van der Waals surface area contributed by atoms with E-state index < -0.39 is 11.9 Å². The highest BCUT2D eigenvalue weighted by Crippen LogP contribution is 2.20. The summed E-state index contributed by atoms with van der Waals surface area (Å²) in [5.74, 6) is -0.205. The molecule has 0 aromatic carbocycles.